The lowest BCUT2D eigenvalue weighted by Crippen LogP contribution is -2.40. The van der Waals surface area contributed by atoms with Crippen molar-refractivity contribution in [3.8, 4) is 0 Å². The van der Waals surface area contributed by atoms with Crippen molar-refractivity contribution in [3.05, 3.63) is 0 Å². The smallest absolute Gasteiger partial charge is 0.276 e. The fourth-order valence-electron chi connectivity index (χ4n) is 0.965. The van der Waals surface area contributed by atoms with Gasteiger partial charge in [-0.25, -0.2) is 5.14 Å². The highest BCUT2D eigenvalue weighted by molar-refractivity contribution is 7.86. The molecule has 0 aromatic carbocycles. The van der Waals surface area contributed by atoms with Gasteiger partial charge < -0.3 is 5.73 Å². The highest BCUT2D eigenvalue weighted by Gasteiger charge is 2.17. The quantitative estimate of drug-likeness (QED) is 0.629. The minimum atomic E-state index is -3.64. The molecule has 14 heavy (non-hydrogen) atoms. The monoisotopic (exact) mass is 239 g/mol. The van der Waals surface area contributed by atoms with Crippen molar-refractivity contribution in [1.29, 1.82) is 0 Å². The number of hydrogen-bond acceptors (Lipinski definition) is 3. The van der Waals surface area contributed by atoms with E-state index in [9.17, 15) is 8.42 Å². The number of hydrogen-bond donors (Lipinski definition) is 2. The predicted octanol–water partition coefficient (Wildman–Crippen LogP) is -0.176. The van der Waals surface area contributed by atoms with Gasteiger partial charge >= 0.3 is 0 Å². The molecule has 0 fully saturated rings. The van der Waals surface area contributed by atoms with Crippen molar-refractivity contribution >= 4 is 27.4 Å². The molecule has 0 bridgehead atoms. The van der Waals surface area contributed by atoms with Crippen LogP contribution in [0.5, 0.6) is 0 Å². The van der Waals surface area contributed by atoms with Crippen molar-refractivity contribution in [2.45, 2.75) is 20.3 Å². The Labute approximate surface area is 90.6 Å². The molecule has 0 atom stereocenters. The van der Waals surface area contributed by atoms with Crippen molar-refractivity contribution in [2.24, 2.45) is 16.8 Å². The summed E-state index contributed by atoms with van der Waals surface area (Å²) in [5, 5.41) is 5.03. The molecule has 0 aromatic rings. The molecule has 0 aliphatic carbocycles. The third-order valence-electron chi connectivity index (χ3n) is 1.54. The van der Waals surface area contributed by atoms with Crippen molar-refractivity contribution in [2.75, 3.05) is 13.1 Å². The molecule has 0 saturated heterocycles. The van der Waals surface area contributed by atoms with E-state index >= 15 is 0 Å². The molecule has 0 aliphatic heterocycles. The first-order valence-electron chi connectivity index (χ1n) is 4.29. The lowest BCUT2D eigenvalue weighted by molar-refractivity contribution is 0.375. The second kappa shape index (κ2) is 5.59. The van der Waals surface area contributed by atoms with Gasteiger partial charge in [-0.2, -0.15) is 12.7 Å². The Morgan fingerprint density at radius 2 is 2.00 bits per heavy atom. The van der Waals surface area contributed by atoms with Gasteiger partial charge in [0.2, 0.25) is 0 Å². The Morgan fingerprint density at radius 1 is 1.50 bits per heavy atom. The van der Waals surface area contributed by atoms with Gasteiger partial charge in [0, 0.05) is 19.5 Å². The maximum absolute atomic E-state index is 11.1. The third-order valence-corrected chi connectivity index (χ3v) is 2.79. The second-order valence-corrected chi connectivity index (χ2v) is 5.58. The summed E-state index contributed by atoms with van der Waals surface area (Å²) >= 11 is 4.67. The minimum Gasteiger partial charge on any atom is -0.393 e. The first-order valence-corrected chi connectivity index (χ1v) is 6.20. The fourth-order valence-corrected chi connectivity index (χ4v) is 1.91. The van der Waals surface area contributed by atoms with E-state index in [1.807, 2.05) is 13.8 Å². The average Bonchev–Trinajstić information content (AvgIpc) is 1.94. The Balaban J connectivity index is 4.34. The Bertz CT molecular complexity index is 287. The standard InChI is InChI=1S/C7H17N3O2S2/c1-6(2)5-10(14(9,11)12)4-3-7(8)13/h6H,3-5H2,1-2H3,(H2,8,13)(H2,9,11,12). The van der Waals surface area contributed by atoms with E-state index in [2.05, 4.69) is 12.2 Å². The van der Waals surface area contributed by atoms with Crippen LogP contribution in [0.4, 0.5) is 0 Å². The van der Waals surface area contributed by atoms with Gasteiger partial charge in [-0.3, -0.25) is 0 Å². The van der Waals surface area contributed by atoms with E-state index in [0.29, 0.717) is 18.0 Å². The van der Waals surface area contributed by atoms with Gasteiger partial charge in [0.15, 0.2) is 0 Å². The molecule has 0 amide bonds. The number of thiocarbonyl (C=S) groups is 1. The van der Waals surface area contributed by atoms with E-state index in [0.717, 1.165) is 0 Å². The van der Waals surface area contributed by atoms with Crippen LogP contribution in [0.2, 0.25) is 0 Å². The molecule has 7 heteroatoms. The SMILES string of the molecule is CC(C)CN(CCC(N)=S)S(N)(=O)=O. The molecular formula is C7H17N3O2S2. The van der Waals surface area contributed by atoms with Gasteiger partial charge in [-0.1, -0.05) is 26.1 Å². The number of rotatable bonds is 6. The number of nitrogens with two attached hydrogens (primary N) is 2. The van der Waals surface area contributed by atoms with E-state index in [4.69, 9.17) is 10.9 Å². The highest BCUT2D eigenvalue weighted by atomic mass is 32.2. The largest absolute Gasteiger partial charge is 0.393 e. The lowest BCUT2D eigenvalue weighted by Gasteiger charge is -2.20. The van der Waals surface area contributed by atoms with Crippen LogP contribution in [-0.2, 0) is 10.2 Å². The first kappa shape index (κ1) is 13.8. The summed E-state index contributed by atoms with van der Waals surface area (Å²) in [6, 6.07) is 0. The maximum Gasteiger partial charge on any atom is 0.276 e. The molecule has 0 aliphatic rings. The Kier molecular flexibility index (Phi) is 5.50. The van der Waals surface area contributed by atoms with E-state index in [1.54, 1.807) is 0 Å². The first-order chi connectivity index (χ1) is 6.23. The molecule has 5 nitrogen and oxygen atoms in total. The summed E-state index contributed by atoms with van der Waals surface area (Å²) in [4.78, 5) is 0.294. The third kappa shape index (κ3) is 6.25. The van der Waals surface area contributed by atoms with Gasteiger partial charge in [0.05, 0.1) is 4.99 Å². The van der Waals surface area contributed by atoms with Crippen LogP contribution in [-0.4, -0.2) is 30.8 Å². The van der Waals surface area contributed by atoms with Crippen LogP contribution in [0.1, 0.15) is 20.3 Å². The summed E-state index contributed by atoms with van der Waals surface area (Å²) in [6.45, 7) is 4.48. The molecule has 0 rings (SSSR count). The zero-order valence-electron chi connectivity index (χ0n) is 8.43. The zero-order valence-corrected chi connectivity index (χ0v) is 10.1. The predicted molar refractivity (Wildman–Crippen MR) is 60.9 cm³/mol. The fraction of sp³-hybridized carbons (Fsp3) is 0.857. The summed E-state index contributed by atoms with van der Waals surface area (Å²) in [5.74, 6) is 0.222. The summed E-state index contributed by atoms with van der Waals surface area (Å²) in [5.41, 5.74) is 5.28. The maximum atomic E-state index is 11.1. The molecular weight excluding hydrogens is 222 g/mol. The van der Waals surface area contributed by atoms with E-state index < -0.39 is 10.2 Å². The summed E-state index contributed by atoms with van der Waals surface area (Å²) in [6.07, 6.45) is 0.360. The molecule has 84 valence electrons. The highest BCUT2D eigenvalue weighted by Crippen LogP contribution is 2.03. The Hall–Kier alpha value is -0.240. The molecule has 0 radical (unpaired) electrons. The molecule has 0 unspecified atom stereocenters. The van der Waals surface area contributed by atoms with Gasteiger partial charge in [0.25, 0.3) is 10.2 Å². The van der Waals surface area contributed by atoms with E-state index in [-0.39, 0.29) is 12.5 Å². The normalized spacial score (nSPS) is 12.4. The number of nitrogens with zero attached hydrogens (tertiary/aromatic N) is 1. The minimum absolute atomic E-state index is 0.222. The molecule has 0 aromatic heterocycles. The molecule has 4 N–H and O–H groups in total. The van der Waals surface area contributed by atoms with Crippen LogP contribution in [0.15, 0.2) is 0 Å². The average molecular weight is 239 g/mol. The second-order valence-electron chi connectivity index (χ2n) is 3.51. The summed E-state index contributed by atoms with van der Waals surface area (Å²) in [7, 11) is -3.64. The van der Waals surface area contributed by atoms with Gasteiger partial charge in [0.1, 0.15) is 0 Å². The van der Waals surface area contributed by atoms with E-state index in [1.165, 1.54) is 4.31 Å². The lowest BCUT2D eigenvalue weighted by atomic mass is 10.2. The van der Waals surface area contributed by atoms with Crippen molar-refractivity contribution in [1.82, 2.24) is 4.31 Å². The van der Waals surface area contributed by atoms with Gasteiger partial charge in [-0.15, -0.1) is 0 Å². The molecule has 0 heterocycles. The van der Waals surface area contributed by atoms with Crippen LogP contribution < -0.4 is 10.9 Å². The zero-order chi connectivity index (χ0) is 11.4. The van der Waals surface area contributed by atoms with Crippen LogP contribution >= 0.6 is 12.2 Å². The Morgan fingerprint density at radius 3 is 2.29 bits per heavy atom. The van der Waals surface area contributed by atoms with Crippen LogP contribution in [0, 0.1) is 5.92 Å². The topological polar surface area (TPSA) is 89.4 Å². The van der Waals surface area contributed by atoms with Crippen molar-refractivity contribution < 1.29 is 8.42 Å². The molecule has 0 saturated carbocycles. The summed E-state index contributed by atoms with van der Waals surface area (Å²) < 4.78 is 23.4. The van der Waals surface area contributed by atoms with Crippen molar-refractivity contribution in [3.63, 3.8) is 0 Å². The molecule has 0 spiro atoms. The van der Waals surface area contributed by atoms with Crippen LogP contribution in [0.3, 0.4) is 0 Å². The van der Waals surface area contributed by atoms with Gasteiger partial charge in [-0.05, 0) is 5.92 Å². The van der Waals surface area contributed by atoms with Crippen LogP contribution in [0.25, 0.3) is 0 Å².